The Morgan fingerprint density at radius 1 is 0.611 bits per heavy atom. The number of allylic oxidation sites excluding steroid dienone is 3. The molecule has 318 valence electrons. The third-order valence-corrected chi connectivity index (χ3v) is 10.6. The molecule has 0 aliphatic heterocycles. The first-order valence-corrected chi connectivity index (χ1v) is 23.5. The van der Waals surface area contributed by atoms with Crippen LogP contribution < -0.4 is 4.89 Å². The van der Waals surface area contributed by atoms with E-state index in [-0.39, 0.29) is 26.1 Å². The van der Waals surface area contributed by atoms with Crippen LogP contribution in [0.3, 0.4) is 0 Å². The van der Waals surface area contributed by atoms with E-state index in [1.807, 2.05) is 33.3 Å². The molecule has 0 saturated carbocycles. The molecule has 0 aromatic carbocycles. The molecule has 0 spiro atoms. The molecule has 0 aromatic rings. The Labute approximate surface area is 332 Å². The normalized spacial score (nSPS) is 13.6. The van der Waals surface area contributed by atoms with Crippen molar-refractivity contribution in [3.05, 3.63) is 24.8 Å². The van der Waals surface area contributed by atoms with Crippen LogP contribution in [-0.2, 0) is 32.7 Å². The number of nitrogens with zero attached hydrogens (tertiary/aromatic N) is 1. The van der Waals surface area contributed by atoms with Crippen molar-refractivity contribution in [3.63, 3.8) is 0 Å². The maximum absolute atomic E-state index is 12.7. The molecule has 10 heteroatoms. The number of hydrogen-bond acceptors (Lipinski definition) is 8. The molecule has 0 heterocycles. The minimum absolute atomic E-state index is 0.0345. The van der Waals surface area contributed by atoms with Crippen molar-refractivity contribution in [1.82, 2.24) is 0 Å². The van der Waals surface area contributed by atoms with Gasteiger partial charge in [0, 0.05) is 12.8 Å². The van der Waals surface area contributed by atoms with Gasteiger partial charge in [0.05, 0.1) is 27.7 Å². The van der Waals surface area contributed by atoms with Gasteiger partial charge in [-0.2, -0.15) is 0 Å². The lowest BCUT2D eigenvalue weighted by atomic mass is 10.0. The molecule has 0 aliphatic rings. The zero-order valence-electron chi connectivity index (χ0n) is 35.5. The Balaban J connectivity index is 4.36. The fraction of sp³-hybridized carbons (Fsp3) is 0.864. The number of rotatable bonds is 41. The van der Waals surface area contributed by atoms with E-state index in [9.17, 15) is 19.0 Å². The number of phosphoric acid groups is 1. The van der Waals surface area contributed by atoms with Crippen LogP contribution in [0.4, 0.5) is 0 Å². The average Bonchev–Trinajstić information content (AvgIpc) is 3.12. The number of phosphoric ester groups is 1. The Morgan fingerprint density at radius 3 is 1.57 bits per heavy atom. The van der Waals surface area contributed by atoms with Crippen LogP contribution in [0.1, 0.15) is 193 Å². The quantitative estimate of drug-likeness (QED) is 0.0198. The second-order valence-corrected chi connectivity index (χ2v) is 17.6. The maximum Gasteiger partial charge on any atom is 0.306 e. The van der Waals surface area contributed by atoms with Gasteiger partial charge in [-0.05, 0) is 38.5 Å². The van der Waals surface area contributed by atoms with Crippen molar-refractivity contribution in [2.24, 2.45) is 0 Å². The van der Waals surface area contributed by atoms with Crippen molar-refractivity contribution in [2.75, 3.05) is 47.5 Å². The van der Waals surface area contributed by atoms with Gasteiger partial charge in [-0.3, -0.25) is 14.2 Å². The molecular weight excluding hydrogens is 701 g/mol. The van der Waals surface area contributed by atoms with Crippen LogP contribution in [-0.4, -0.2) is 70.0 Å². The predicted molar refractivity (Wildman–Crippen MR) is 222 cm³/mol. The van der Waals surface area contributed by atoms with E-state index in [1.165, 1.54) is 122 Å². The molecule has 1 unspecified atom stereocenters. The summed E-state index contributed by atoms with van der Waals surface area (Å²) in [5.74, 6) is -0.889. The number of unbranched alkanes of at least 4 members (excludes halogenated alkanes) is 24. The van der Waals surface area contributed by atoms with E-state index in [2.05, 4.69) is 19.6 Å². The summed E-state index contributed by atoms with van der Waals surface area (Å²) in [7, 11) is 1.15. The van der Waals surface area contributed by atoms with Crippen molar-refractivity contribution in [2.45, 2.75) is 199 Å². The van der Waals surface area contributed by atoms with Gasteiger partial charge in [-0.25, -0.2) is 0 Å². The van der Waals surface area contributed by atoms with E-state index in [0.29, 0.717) is 23.9 Å². The first-order valence-electron chi connectivity index (χ1n) is 22.0. The molecule has 0 rings (SSSR count). The summed E-state index contributed by atoms with van der Waals surface area (Å²) in [5.41, 5.74) is 0. The average molecular weight is 786 g/mol. The number of carbonyl (C=O) groups is 2. The summed E-state index contributed by atoms with van der Waals surface area (Å²) in [6.45, 7) is 5.72. The summed E-state index contributed by atoms with van der Waals surface area (Å²) in [5, 5.41) is 0. The molecule has 54 heavy (non-hydrogen) atoms. The highest BCUT2D eigenvalue weighted by atomic mass is 31.2. The van der Waals surface area contributed by atoms with Crippen LogP contribution in [0.2, 0.25) is 0 Å². The van der Waals surface area contributed by atoms with Gasteiger partial charge in [0.2, 0.25) is 0 Å². The van der Waals surface area contributed by atoms with E-state index in [0.717, 1.165) is 38.5 Å². The Morgan fingerprint density at radius 2 is 1.07 bits per heavy atom. The second-order valence-electron chi connectivity index (χ2n) is 16.1. The highest BCUT2D eigenvalue weighted by Gasteiger charge is 2.21. The molecule has 0 saturated heterocycles. The topological polar surface area (TPSA) is 111 Å². The van der Waals surface area contributed by atoms with Gasteiger partial charge in [0.25, 0.3) is 7.82 Å². The first kappa shape index (κ1) is 52.5. The first-order chi connectivity index (χ1) is 26.0. The minimum Gasteiger partial charge on any atom is -0.756 e. The molecule has 0 aliphatic carbocycles. The summed E-state index contributed by atoms with van der Waals surface area (Å²) in [4.78, 5) is 37.5. The molecule has 0 radical (unpaired) electrons. The van der Waals surface area contributed by atoms with Crippen LogP contribution in [0.5, 0.6) is 0 Å². The van der Waals surface area contributed by atoms with Crippen LogP contribution in [0.15, 0.2) is 24.8 Å². The fourth-order valence-electron chi connectivity index (χ4n) is 6.12. The monoisotopic (exact) mass is 786 g/mol. The Bertz CT molecular complexity index is 967. The molecule has 9 nitrogen and oxygen atoms in total. The van der Waals surface area contributed by atoms with Crippen LogP contribution >= 0.6 is 7.82 Å². The molecular formula is C44H84NO8P. The standard InChI is InChI=1S/C44H84NO8P/c1-6-8-10-12-14-16-18-20-22-24-26-28-30-32-34-36-43(46)50-40-42(41-52-54(48,49)51-39-38-45(3,4)5)53-44(47)37-35-33-31-29-27-25-23-21-19-17-15-13-11-9-7-2/h7,30,32,42H,2,6,8-29,31,33-41H2,1,3-5H3/b32-30+/t42-/m1/s1. The zero-order chi connectivity index (χ0) is 40.0. The predicted octanol–water partition coefficient (Wildman–Crippen LogP) is 11.7. The van der Waals surface area contributed by atoms with Crippen molar-refractivity contribution in [3.8, 4) is 0 Å². The number of ether oxygens (including phenoxy) is 2. The number of likely N-dealkylation sites (N-methyl/N-ethyl adjacent to an activating group) is 1. The van der Waals surface area contributed by atoms with Gasteiger partial charge < -0.3 is 27.9 Å². The summed E-state index contributed by atoms with van der Waals surface area (Å²) >= 11 is 0. The lowest BCUT2D eigenvalue weighted by Crippen LogP contribution is -2.37. The number of esters is 2. The van der Waals surface area contributed by atoms with Gasteiger partial charge >= 0.3 is 11.9 Å². The number of quaternary nitrogens is 1. The van der Waals surface area contributed by atoms with Gasteiger partial charge in [0.1, 0.15) is 19.8 Å². The van der Waals surface area contributed by atoms with Gasteiger partial charge in [-0.1, -0.05) is 160 Å². The van der Waals surface area contributed by atoms with Crippen molar-refractivity contribution >= 4 is 19.8 Å². The molecule has 2 atom stereocenters. The Kier molecular flexibility index (Phi) is 36.1. The molecule has 0 aromatic heterocycles. The number of hydrogen-bond donors (Lipinski definition) is 0. The molecule has 0 bridgehead atoms. The van der Waals surface area contributed by atoms with Gasteiger partial charge in [0.15, 0.2) is 6.10 Å². The largest absolute Gasteiger partial charge is 0.756 e. The highest BCUT2D eigenvalue weighted by molar-refractivity contribution is 7.45. The van der Waals surface area contributed by atoms with Crippen molar-refractivity contribution in [1.29, 1.82) is 0 Å². The van der Waals surface area contributed by atoms with Crippen LogP contribution in [0, 0.1) is 0 Å². The van der Waals surface area contributed by atoms with Crippen LogP contribution in [0.25, 0.3) is 0 Å². The summed E-state index contributed by atoms with van der Waals surface area (Å²) in [6, 6.07) is 0. The van der Waals surface area contributed by atoms with Gasteiger partial charge in [-0.15, -0.1) is 6.58 Å². The molecule has 0 N–H and O–H groups in total. The third kappa shape index (κ3) is 40.2. The lowest BCUT2D eigenvalue weighted by Gasteiger charge is -2.28. The number of carbonyl (C=O) groups excluding carboxylic acids is 2. The fourth-order valence-corrected chi connectivity index (χ4v) is 6.85. The Hall–Kier alpha value is -1.51. The maximum atomic E-state index is 12.7. The smallest absolute Gasteiger partial charge is 0.306 e. The van der Waals surface area contributed by atoms with E-state index in [4.69, 9.17) is 18.5 Å². The van der Waals surface area contributed by atoms with Crippen molar-refractivity contribution < 1.29 is 42.1 Å². The highest BCUT2D eigenvalue weighted by Crippen LogP contribution is 2.38. The lowest BCUT2D eigenvalue weighted by molar-refractivity contribution is -0.870. The molecule has 0 fully saturated rings. The minimum atomic E-state index is -4.63. The summed E-state index contributed by atoms with van der Waals surface area (Å²) < 4.78 is 33.8. The van der Waals surface area contributed by atoms with E-state index >= 15 is 0 Å². The molecule has 0 amide bonds. The van der Waals surface area contributed by atoms with E-state index < -0.39 is 32.5 Å². The van der Waals surface area contributed by atoms with E-state index in [1.54, 1.807) is 0 Å². The third-order valence-electron chi connectivity index (χ3n) is 9.60. The second kappa shape index (κ2) is 37.1. The zero-order valence-corrected chi connectivity index (χ0v) is 36.4. The SMILES string of the molecule is C=CCCCCCCCCCCCCCCCC(=O)O[C@H](COC(=O)CC/C=C/CCCCCCCCCCCCC)COP(=O)([O-])OCC[N+](C)(C)C. The summed E-state index contributed by atoms with van der Waals surface area (Å²) in [6.07, 6.45) is 38.2.